The van der Waals surface area contributed by atoms with Crippen LogP contribution in [0.2, 0.25) is 0 Å². The third kappa shape index (κ3) is 8.12. The van der Waals surface area contributed by atoms with Crippen LogP contribution < -0.4 is 0 Å². The van der Waals surface area contributed by atoms with Gasteiger partial charge in [-0.2, -0.15) is 8.42 Å². The Hall–Kier alpha value is -2.20. The fourth-order valence-electron chi connectivity index (χ4n) is 1.60. The molecule has 0 amide bonds. The average Bonchev–Trinajstić information content (AvgIpc) is 2.44. The first-order valence-electron chi connectivity index (χ1n) is 6.29. The SMILES string of the molecule is C=CC(=O)OC(C)C(C(=O)OCS(=O)(=O)O)C(C)OC(=O)C=C. The Bertz CT molecular complexity index is 550. The van der Waals surface area contributed by atoms with Gasteiger partial charge in [0.2, 0.25) is 5.94 Å². The first kappa shape index (κ1) is 20.8. The minimum Gasteiger partial charge on any atom is -0.458 e. The Morgan fingerprint density at radius 3 is 1.74 bits per heavy atom. The number of carbonyl (C=O) groups excluding carboxylic acids is 3. The number of ether oxygens (including phenoxy) is 3. The van der Waals surface area contributed by atoms with Crippen molar-refractivity contribution in [3.05, 3.63) is 25.3 Å². The van der Waals surface area contributed by atoms with Crippen molar-refractivity contribution in [3.8, 4) is 0 Å². The second-order valence-corrected chi connectivity index (χ2v) is 5.78. The van der Waals surface area contributed by atoms with Crippen LogP contribution in [0.3, 0.4) is 0 Å². The summed E-state index contributed by atoms with van der Waals surface area (Å²) in [7, 11) is -4.55. The van der Waals surface area contributed by atoms with Gasteiger partial charge in [-0.1, -0.05) is 13.2 Å². The maximum atomic E-state index is 12.0. The maximum Gasteiger partial charge on any atom is 0.330 e. The zero-order chi connectivity index (χ0) is 18.2. The third-order valence-corrected chi connectivity index (χ3v) is 2.99. The van der Waals surface area contributed by atoms with Gasteiger partial charge in [0.1, 0.15) is 18.1 Å². The molecule has 0 radical (unpaired) electrons. The normalized spacial score (nSPS) is 14.7. The van der Waals surface area contributed by atoms with E-state index in [9.17, 15) is 22.8 Å². The molecule has 0 aliphatic carbocycles. The van der Waals surface area contributed by atoms with Crippen LogP contribution in [0.25, 0.3) is 0 Å². The Morgan fingerprint density at radius 1 is 1.04 bits per heavy atom. The van der Waals surface area contributed by atoms with Crippen LogP contribution in [-0.2, 0) is 38.7 Å². The molecular weight excluding hydrogens is 332 g/mol. The molecule has 0 heterocycles. The number of hydrogen-bond acceptors (Lipinski definition) is 8. The van der Waals surface area contributed by atoms with Crippen LogP contribution in [0.15, 0.2) is 25.3 Å². The van der Waals surface area contributed by atoms with E-state index in [1.54, 1.807) is 0 Å². The molecule has 0 saturated carbocycles. The Kier molecular flexibility index (Phi) is 8.19. The Labute approximate surface area is 133 Å². The summed E-state index contributed by atoms with van der Waals surface area (Å²) in [6.45, 7) is 9.02. The molecule has 0 fully saturated rings. The van der Waals surface area contributed by atoms with E-state index in [0.717, 1.165) is 12.2 Å². The minimum atomic E-state index is -4.55. The van der Waals surface area contributed by atoms with Crippen molar-refractivity contribution in [3.63, 3.8) is 0 Å². The summed E-state index contributed by atoms with van der Waals surface area (Å²) in [5.74, 6) is -5.44. The van der Waals surface area contributed by atoms with Crippen molar-refractivity contribution in [1.82, 2.24) is 0 Å². The molecule has 0 aromatic carbocycles. The highest BCUT2D eigenvalue weighted by molar-refractivity contribution is 7.85. The number of esters is 3. The van der Waals surface area contributed by atoms with E-state index in [4.69, 9.17) is 14.0 Å². The van der Waals surface area contributed by atoms with Gasteiger partial charge in [-0.05, 0) is 13.8 Å². The highest BCUT2D eigenvalue weighted by Crippen LogP contribution is 2.19. The molecule has 0 aliphatic heterocycles. The first-order chi connectivity index (χ1) is 10.5. The summed E-state index contributed by atoms with van der Waals surface area (Å²) >= 11 is 0. The van der Waals surface area contributed by atoms with Gasteiger partial charge in [0.15, 0.2) is 0 Å². The van der Waals surface area contributed by atoms with Crippen molar-refractivity contribution < 1.29 is 41.6 Å². The van der Waals surface area contributed by atoms with E-state index in [-0.39, 0.29) is 0 Å². The van der Waals surface area contributed by atoms with E-state index >= 15 is 0 Å². The smallest absolute Gasteiger partial charge is 0.330 e. The Balaban J connectivity index is 5.21. The summed E-state index contributed by atoms with van der Waals surface area (Å²) in [6.07, 6.45) is -0.529. The largest absolute Gasteiger partial charge is 0.458 e. The highest BCUT2D eigenvalue weighted by atomic mass is 32.2. The topological polar surface area (TPSA) is 133 Å². The van der Waals surface area contributed by atoms with E-state index < -0.39 is 52.1 Å². The lowest BCUT2D eigenvalue weighted by Gasteiger charge is -2.26. The lowest BCUT2D eigenvalue weighted by Crippen LogP contribution is -2.41. The van der Waals surface area contributed by atoms with Gasteiger partial charge < -0.3 is 14.2 Å². The molecule has 0 spiro atoms. The van der Waals surface area contributed by atoms with Crippen molar-refractivity contribution in [2.75, 3.05) is 5.94 Å². The number of carbonyl (C=O) groups is 3. The zero-order valence-electron chi connectivity index (χ0n) is 12.6. The molecule has 10 heteroatoms. The molecule has 2 atom stereocenters. The molecule has 9 nitrogen and oxygen atoms in total. The van der Waals surface area contributed by atoms with Crippen LogP contribution in [0.4, 0.5) is 0 Å². The Morgan fingerprint density at radius 2 is 1.43 bits per heavy atom. The molecule has 2 unspecified atom stereocenters. The van der Waals surface area contributed by atoms with Crippen molar-refractivity contribution in [2.24, 2.45) is 5.92 Å². The lowest BCUT2D eigenvalue weighted by molar-refractivity contribution is -0.167. The molecule has 1 N–H and O–H groups in total. The summed E-state index contributed by atoms with van der Waals surface area (Å²) in [5.41, 5.74) is 0. The second-order valence-electron chi connectivity index (χ2n) is 4.38. The van der Waals surface area contributed by atoms with E-state index in [1.807, 2.05) is 0 Å². The van der Waals surface area contributed by atoms with Crippen LogP contribution in [0.5, 0.6) is 0 Å². The fraction of sp³-hybridized carbons (Fsp3) is 0.462. The standard InChI is InChI=1S/C13H18O9S/c1-5-10(14)21-8(3)12(9(4)22-11(15)6-2)13(16)20-7-23(17,18)19/h5-6,8-9,12H,1-2,7H2,3-4H3,(H,17,18,19). The molecule has 0 rings (SSSR count). The minimum absolute atomic E-state index is 0.840. The van der Waals surface area contributed by atoms with E-state index in [2.05, 4.69) is 17.9 Å². The van der Waals surface area contributed by atoms with Gasteiger partial charge >= 0.3 is 28.0 Å². The lowest BCUT2D eigenvalue weighted by atomic mass is 9.98. The van der Waals surface area contributed by atoms with Crippen LogP contribution in [0, 0.1) is 5.92 Å². The van der Waals surface area contributed by atoms with Crippen molar-refractivity contribution in [1.29, 1.82) is 0 Å². The monoisotopic (exact) mass is 350 g/mol. The van der Waals surface area contributed by atoms with Gasteiger partial charge in [-0.3, -0.25) is 9.35 Å². The summed E-state index contributed by atoms with van der Waals surface area (Å²) in [5, 5.41) is 0. The molecule has 23 heavy (non-hydrogen) atoms. The zero-order valence-corrected chi connectivity index (χ0v) is 13.4. The van der Waals surface area contributed by atoms with Crippen LogP contribution >= 0.6 is 0 Å². The molecule has 0 bridgehead atoms. The van der Waals surface area contributed by atoms with Gasteiger partial charge in [0, 0.05) is 12.2 Å². The third-order valence-electron chi connectivity index (χ3n) is 2.57. The molecular formula is C13H18O9S. The van der Waals surface area contributed by atoms with Gasteiger partial charge in [-0.15, -0.1) is 0 Å². The quantitative estimate of drug-likeness (QED) is 0.268. The predicted octanol–water partition coefficient (Wildman–Crippen LogP) is 0.226. The second kappa shape index (κ2) is 9.06. The highest BCUT2D eigenvalue weighted by Gasteiger charge is 2.37. The summed E-state index contributed by atoms with van der Waals surface area (Å²) < 4.78 is 44.0. The average molecular weight is 350 g/mol. The molecule has 0 aromatic heterocycles. The summed E-state index contributed by atoms with van der Waals surface area (Å²) in [6, 6.07) is 0. The van der Waals surface area contributed by atoms with Gasteiger partial charge in [0.05, 0.1) is 0 Å². The van der Waals surface area contributed by atoms with E-state index in [1.165, 1.54) is 13.8 Å². The van der Waals surface area contributed by atoms with Crippen LogP contribution in [-0.4, -0.2) is 49.0 Å². The molecule has 130 valence electrons. The van der Waals surface area contributed by atoms with Crippen molar-refractivity contribution >= 4 is 28.0 Å². The maximum absolute atomic E-state index is 12.0. The fourth-order valence-corrected chi connectivity index (χ4v) is 1.87. The van der Waals surface area contributed by atoms with Crippen molar-refractivity contribution in [2.45, 2.75) is 26.1 Å². The molecule has 0 aliphatic rings. The summed E-state index contributed by atoms with van der Waals surface area (Å²) in [4.78, 5) is 34.4. The molecule has 0 aromatic rings. The molecule has 0 saturated heterocycles. The number of hydrogen-bond donors (Lipinski definition) is 1. The van der Waals surface area contributed by atoms with Crippen LogP contribution in [0.1, 0.15) is 13.8 Å². The van der Waals surface area contributed by atoms with Gasteiger partial charge in [-0.25, -0.2) is 9.59 Å². The van der Waals surface area contributed by atoms with E-state index in [0.29, 0.717) is 0 Å². The van der Waals surface area contributed by atoms with Gasteiger partial charge in [0.25, 0.3) is 0 Å². The number of rotatable bonds is 9. The first-order valence-corrected chi connectivity index (χ1v) is 7.90. The predicted molar refractivity (Wildman–Crippen MR) is 77.5 cm³/mol.